The number of nitro groups is 1. The molecule has 5 heteroatoms. The van der Waals surface area contributed by atoms with E-state index in [0.717, 1.165) is 44.2 Å². The molecule has 0 atom stereocenters. The molecule has 2 rings (SSSR count). The molecule has 1 aromatic carbocycles. The van der Waals surface area contributed by atoms with Crippen molar-refractivity contribution >= 4 is 5.69 Å². The molecule has 0 amide bonds. The van der Waals surface area contributed by atoms with Gasteiger partial charge in [-0.05, 0) is 31.9 Å². The molecular weight excluding hydrogens is 256 g/mol. The van der Waals surface area contributed by atoms with Crippen LogP contribution in [0.3, 0.4) is 0 Å². The standard InChI is InChI=1S/C15H22N2O3/c1-16(12-15(18)9-2-3-10-15)11-8-13-4-6-14(7-5-13)17(19)20/h4-7,18H,2-3,8-12H2,1H3. The lowest BCUT2D eigenvalue weighted by Crippen LogP contribution is -2.39. The van der Waals surface area contributed by atoms with E-state index in [4.69, 9.17) is 0 Å². The second-order valence-corrected chi connectivity index (χ2v) is 5.84. The number of nitro benzene ring substituents is 1. The maximum absolute atomic E-state index is 10.6. The van der Waals surface area contributed by atoms with Gasteiger partial charge in [-0.3, -0.25) is 10.1 Å². The lowest BCUT2D eigenvalue weighted by atomic mass is 10.0. The van der Waals surface area contributed by atoms with E-state index in [1.807, 2.05) is 7.05 Å². The zero-order chi connectivity index (χ0) is 14.6. The van der Waals surface area contributed by atoms with E-state index >= 15 is 0 Å². The van der Waals surface area contributed by atoms with Gasteiger partial charge in [0, 0.05) is 25.2 Å². The third-order valence-electron chi connectivity index (χ3n) is 4.03. The van der Waals surface area contributed by atoms with Crippen molar-refractivity contribution < 1.29 is 10.0 Å². The third-order valence-corrected chi connectivity index (χ3v) is 4.03. The fraction of sp³-hybridized carbons (Fsp3) is 0.600. The summed E-state index contributed by atoms with van der Waals surface area (Å²) in [5.41, 5.74) is 0.702. The first kappa shape index (κ1) is 14.9. The molecule has 0 aromatic heterocycles. The van der Waals surface area contributed by atoms with E-state index in [1.165, 1.54) is 0 Å². The Bertz CT molecular complexity index is 453. The first-order chi connectivity index (χ1) is 9.48. The summed E-state index contributed by atoms with van der Waals surface area (Å²) in [7, 11) is 2.02. The number of benzene rings is 1. The van der Waals surface area contributed by atoms with Crippen LogP contribution >= 0.6 is 0 Å². The van der Waals surface area contributed by atoms with E-state index in [1.54, 1.807) is 24.3 Å². The smallest absolute Gasteiger partial charge is 0.269 e. The monoisotopic (exact) mass is 278 g/mol. The summed E-state index contributed by atoms with van der Waals surface area (Å²) in [4.78, 5) is 12.3. The van der Waals surface area contributed by atoms with Crippen LogP contribution in [0, 0.1) is 10.1 Å². The van der Waals surface area contributed by atoms with Gasteiger partial charge in [-0.1, -0.05) is 25.0 Å². The van der Waals surface area contributed by atoms with E-state index in [0.29, 0.717) is 6.54 Å². The molecule has 0 radical (unpaired) electrons. The van der Waals surface area contributed by atoms with E-state index in [-0.39, 0.29) is 10.6 Å². The largest absolute Gasteiger partial charge is 0.389 e. The Morgan fingerprint density at radius 3 is 2.45 bits per heavy atom. The quantitative estimate of drug-likeness (QED) is 0.641. The summed E-state index contributed by atoms with van der Waals surface area (Å²) in [5, 5.41) is 20.9. The van der Waals surface area contributed by atoms with E-state index in [2.05, 4.69) is 4.90 Å². The van der Waals surface area contributed by atoms with Crippen LogP contribution in [-0.2, 0) is 6.42 Å². The van der Waals surface area contributed by atoms with Crippen LogP contribution in [0.5, 0.6) is 0 Å². The fourth-order valence-electron chi connectivity index (χ4n) is 2.88. The highest BCUT2D eigenvalue weighted by molar-refractivity contribution is 5.32. The highest BCUT2D eigenvalue weighted by atomic mass is 16.6. The first-order valence-corrected chi connectivity index (χ1v) is 7.13. The van der Waals surface area contributed by atoms with E-state index in [9.17, 15) is 15.2 Å². The molecule has 0 saturated heterocycles. The number of non-ortho nitro benzene ring substituents is 1. The Balaban J connectivity index is 1.80. The van der Waals surface area contributed by atoms with Gasteiger partial charge >= 0.3 is 0 Å². The topological polar surface area (TPSA) is 66.6 Å². The molecule has 1 aliphatic carbocycles. The van der Waals surface area contributed by atoms with Gasteiger partial charge in [-0.2, -0.15) is 0 Å². The zero-order valence-corrected chi connectivity index (χ0v) is 11.9. The minimum absolute atomic E-state index is 0.127. The van der Waals surface area contributed by atoms with Gasteiger partial charge in [0.2, 0.25) is 0 Å². The van der Waals surface area contributed by atoms with Crippen LogP contribution < -0.4 is 0 Å². The van der Waals surface area contributed by atoms with Gasteiger partial charge in [-0.25, -0.2) is 0 Å². The van der Waals surface area contributed by atoms with Crippen molar-refractivity contribution in [2.75, 3.05) is 20.1 Å². The van der Waals surface area contributed by atoms with Crippen LogP contribution in [-0.4, -0.2) is 40.7 Å². The van der Waals surface area contributed by atoms with Gasteiger partial charge in [0.15, 0.2) is 0 Å². The molecule has 5 nitrogen and oxygen atoms in total. The summed E-state index contributed by atoms with van der Waals surface area (Å²) in [6.07, 6.45) is 4.87. The maximum atomic E-state index is 10.6. The Morgan fingerprint density at radius 2 is 1.90 bits per heavy atom. The van der Waals surface area contributed by atoms with Gasteiger partial charge in [0.25, 0.3) is 5.69 Å². The van der Waals surface area contributed by atoms with Gasteiger partial charge in [-0.15, -0.1) is 0 Å². The Kier molecular flexibility index (Phi) is 4.73. The minimum Gasteiger partial charge on any atom is -0.389 e. The van der Waals surface area contributed by atoms with Crippen molar-refractivity contribution in [3.63, 3.8) is 0 Å². The van der Waals surface area contributed by atoms with Crippen molar-refractivity contribution in [1.82, 2.24) is 4.90 Å². The summed E-state index contributed by atoms with van der Waals surface area (Å²) < 4.78 is 0. The molecule has 1 aromatic rings. The lowest BCUT2D eigenvalue weighted by Gasteiger charge is -2.28. The van der Waals surface area contributed by atoms with Gasteiger partial charge < -0.3 is 10.0 Å². The first-order valence-electron chi connectivity index (χ1n) is 7.13. The average molecular weight is 278 g/mol. The predicted octanol–water partition coefficient (Wildman–Crippen LogP) is 2.37. The van der Waals surface area contributed by atoms with Crippen molar-refractivity contribution in [3.05, 3.63) is 39.9 Å². The zero-order valence-electron chi connectivity index (χ0n) is 11.9. The Labute approximate surface area is 119 Å². The second kappa shape index (κ2) is 6.33. The van der Waals surface area contributed by atoms with Crippen LogP contribution in [0.15, 0.2) is 24.3 Å². The molecule has 0 bridgehead atoms. The summed E-state index contributed by atoms with van der Waals surface area (Å²) in [5.74, 6) is 0. The summed E-state index contributed by atoms with van der Waals surface area (Å²) in [6.45, 7) is 1.56. The number of aliphatic hydroxyl groups is 1. The maximum Gasteiger partial charge on any atom is 0.269 e. The predicted molar refractivity (Wildman–Crippen MR) is 77.7 cm³/mol. The summed E-state index contributed by atoms with van der Waals surface area (Å²) in [6, 6.07) is 6.69. The molecule has 110 valence electrons. The summed E-state index contributed by atoms with van der Waals surface area (Å²) >= 11 is 0. The van der Waals surface area contributed by atoms with Crippen LogP contribution in [0.2, 0.25) is 0 Å². The molecule has 20 heavy (non-hydrogen) atoms. The SMILES string of the molecule is CN(CCc1ccc([N+](=O)[O-])cc1)CC1(O)CCCC1. The molecule has 1 fully saturated rings. The molecule has 1 N–H and O–H groups in total. The second-order valence-electron chi connectivity index (χ2n) is 5.84. The number of rotatable bonds is 6. The average Bonchev–Trinajstić information content (AvgIpc) is 2.83. The molecule has 0 heterocycles. The van der Waals surface area contributed by atoms with Crippen LogP contribution in [0.25, 0.3) is 0 Å². The van der Waals surface area contributed by atoms with Crippen molar-refractivity contribution in [2.24, 2.45) is 0 Å². The number of nitrogens with zero attached hydrogens (tertiary/aromatic N) is 2. The third kappa shape index (κ3) is 4.02. The molecular formula is C15H22N2O3. The number of hydrogen-bond acceptors (Lipinski definition) is 4. The van der Waals surface area contributed by atoms with Crippen molar-refractivity contribution in [1.29, 1.82) is 0 Å². The van der Waals surface area contributed by atoms with Crippen molar-refractivity contribution in [2.45, 2.75) is 37.7 Å². The number of likely N-dealkylation sites (N-methyl/N-ethyl adjacent to an activating group) is 1. The Hall–Kier alpha value is -1.46. The van der Waals surface area contributed by atoms with E-state index < -0.39 is 5.60 Å². The molecule has 0 spiro atoms. The molecule has 1 aliphatic rings. The fourth-order valence-corrected chi connectivity index (χ4v) is 2.88. The molecule has 0 unspecified atom stereocenters. The molecule has 0 aliphatic heterocycles. The van der Waals surface area contributed by atoms with Crippen LogP contribution in [0.4, 0.5) is 5.69 Å². The number of hydrogen-bond donors (Lipinski definition) is 1. The highest BCUT2D eigenvalue weighted by Crippen LogP contribution is 2.29. The highest BCUT2D eigenvalue weighted by Gasteiger charge is 2.31. The minimum atomic E-state index is -0.510. The Morgan fingerprint density at radius 1 is 1.30 bits per heavy atom. The van der Waals surface area contributed by atoms with Crippen molar-refractivity contribution in [3.8, 4) is 0 Å². The van der Waals surface area contributed by atoms with Gasteiger partial charge in [0.05, 0.1) is 10.5 Å². The lowest BCUT2D eigenvalue weighted by molar-refractivity contribution is -0.384. The van der Waals surface area contributed by atoms with Crippen LogP contribution in [0.1, 0.15) is 31.2 Å². The van der Waals surface area contributed by atoms with Gasteiger partial charge in [0.1, 0.15) is 0 Å². The normalized spacial score (nSPS) is 17.6. The molecule has 1 saturated carbocycles.